The summed E-state index contributed by atoms with van der Waals surface area (Å²) < 4.78 is 18.1. The lowest BCUT2D eigenvalue weighted by atomic mass is 9.87. The molecule has 0 amide bonds. The third kappa shape index (κ3) is 3.13. The predicted octanol–water partition coefficient (Wildman–Crippen LogP) is 1.69. The number of oxazole rings is 2. The van der Waals surface area contributed by atoms with E-state index in [1.807, 2.05) is 60.7 Å². The van der Waals surface area contributed by atoms with Gasteiger partial charge < -0.3 is 19.3 Å². The molecule has 2 aromatic carbocycles. The molecule has 8 nitrogen and oxygen atoms in total. The standard InChI is InChI=1S/C24H19N3O5/c1-2-30-23(29)18-17(15-11-7-4-8-12-15)19-21(32-24(25)26-19)27-16(22(28)31-20(18)27)13-14-9-5-3-6-10-14/h3-13,17H,2H2,1H3,(H2,25,26)/b16-13+/t17-/m1/s1. The van der Waals surface area contributed by atoms with E-state index in [2.05, 4.69) is 4.98 Å². The highest BCUT2D eigenvalue weighted by Gasteiger charge is 2.39. The van der Waals surface area contributed by atoms with Crippen molar-refractivity contribution < 1.29 is 18.4 Å². The van der Waals surface area contributed by atoms with Crippen LogP contribution in [0.15, 0.2) is 74.3 Å². The lowest BCUT2D eigenvalue weighted by Crippen LogP contribution is -2.37. The van der Waals surface area contributed by atoms with Crippen LogP contribution >= 0.6 is 0 Å². The summed E-state index contributed by atoms with van der Waals surface area (Å²) in [5.74, 6) is -1.06. The lowest BCUT2D eigenvalue weighted by Gasteiger charge is -2.21. The summed E-state index contributed by atoms with van der Waals surface area (Å²) in [5, 5.41) is 0.178. The maximum atomic E-state index is 13.1. The van der Waals surface area contributed by atoms with Gasteiger partial charge >= 0.3 is 11.6 Å². The van der Waals surface area contributed by atoms with E-state index in [4.69, 9.17) is 19.3 Å². The summed E-state index contributed by atoms with van der Waals surface area (Å²) in [6.45, 7) is 1.87. The van der Waals surface area contributed by atoms with Crippen LogP contribution in [0.3, 0.4) is 0 Å². The summed E-state index contributed by atoms with van der Waals surface area (Å²) >= 11 is 0. The third-order valence-electron chi connectivity index (χ3n) is 5.22. The molecule has 4 aromatic rings. The maximum absolute atomic E-state index is 13.1. The SMILES string of the molecule is CCOC(=O)C1=c2oc(=O)/c(=C\c3ccccc3)n2-c2oc(N)nc2[C@@H]1c1ccccc1. The van der Waals surface area contributed by atoms with Crippen LogP contribution in [-0.2, 0) is 9.53 Å². The zero-order valence-electron chi connectivity index (χ0n) is 17.1. The van der Waals surface area contributed by atoms with E-state index >= 15 is 0 Å². The van der Waals surface area contributed by atoms with E-state index < -0.39 is 17.5 Å². The second-order valence-corrected chi connectivity index (χ2v) is 7.19. The molecule has 0 saturated heterocycles. The number of hydrogen-bond acceptors (Lipinski definition) is 7. The number of carbonyl (C=O) groups is 1. The Bertz CT molecular complexity index is 1480. The minimum absolute atomic E-state index is 0.0353. The van der Waals surface area contributed by atoms with Crippen LogP contribution in [0.2, 0.25) is 0 Å². The van der Waals surface area contributed by atoms with Crippen LogP contribution in [0, 0.1) is 0 Å². The molecule has 0 fully saturated rings. The van der Waals surface area contributed by atoms with Crippen molar-refractivity contribution in [3.8, 4) is 5.88 Å². The van der Waals surface area contributed by atoms with Gasteiger partial charge in [0.15, 0.2) is 0 Å². The Hall–Kier alpha value is -4.33. The number of esters is 1. The summed E-state index contributed by atoms with van der Waals surface area (Å²) in [7, 11) is 0. The Balaban J connectivity index is 1.92. The van der Waals surface area contributed by atoms with Gasteiger partial charge in [0.25, 0.3) is 6.01 Å². The fourth-order valence-electron chi connectivity index (χ4n) is 3.93. The van der Waals surface area contributed by atoms with Crippen molar-refractivity contribution in [2.75, 3.05) is 12.3 Å². The first kappa shape index (κ1) is 19.6. The van der Waals surface area contributed by atoms with Gasteiger partial charge in [-0.2, -0.15) is 4.98 Å². The molecule has 1 aliphatic rings. The summed E-state index contributed by atoms with van der Waals surface area (Å²) in [6, 6.07) is 18.5. The Morgan fingerprint density at radius 2 is 1.81 bits per heavy atom. The van der Waals surface area contributed by atoms with Crippen LogP contribution in [0.25, 0.3) is 17.5 Å². The van der Waals surface area contributed by atoms with Gasteiger partial charge in [-0.15, -0.1) is 0 Å². The molecule has 0 unspecified atom stereocenters. The molecule has 1 atom stereocenters. The van der Waals surface area contributed by atoms with Gasteiger partial charge in [-0.1, -0.05) is 60.7 Å². The highest BCUT2D eigenvalue weighted by atomic mass is 16.5. The first-order chi connectivity index (χ1) is 15.6. The van der Waals surface area contributed by atoms with E-state index in [9.17, 15) is 9.59 Å². The molecule has 2 N–H and O–H groups in total. The van der Waals surface area contributed by atoms with E-state index in [1.54, 1.807) is 13.0 Å². The van der Waals surface area contributed by atoms with Crippen molar-refractivity contribution in [1.29, 1.82) is 0 Å². The van der Waals surface area contributed by atoms with Crippen molar-refractivity contribution in [3.63, 3.8) is 0 Å². The smallest absolute Gasteiger partial charge is 0.362 e. The highest BCUT2D eigenvalue weighted by molar-refractivity contribution is 6.12. The molecule has 0 spiro atoms. The van der Waals surface area contributed by atoms with Crippen molar-refractivity contribution in [1.82, 2.24) is 9.55 Å². The van der Waals surface area contributed by atoms with E-state index in [-0.39, 0.29) is 35.0 Å². The average Bonchev–Trinajstić information content (AvgIpc) is 3.33. The third-order valence-corrected chi connectivity index (χ3v) is 5.22. The summed E-state index contributed by atoms with van der Waals surface area (Å²) in [5.41, 5.74) is 7.41. The number of hydrogen-bond donors (Lipinski definition) is 1. The van der Waals surface area contributed by atoms with Gasteiger partial charge in [-0.05, 0) is 24.1 Å². The monoisotopic (exact) mass is 429 g/mol. The van der Waals surface area contributed by atoms with Gasteiger partial charge in [0.2, 0.25) is 11.4 Å². The zero-order valence-corrected chi connectivity index (χ0v) is 17.1. The summed E-state index contributed by atoms with van der Waals surface area (Å²) in [6.07, 6.45) is 1.66. The number of nitrogen functional groups attached to an aromatic ring is 1. The minimum Gasteiger partial charge on any atom is -0.462 e. The largest absolute Gasteiger partial charge is 0.462 e. The molecule has 32 heavy (non-hydrogen) atoms. The van der Waals surface area contributed by atoms with E-state index in [0.29, 0.717) is 5.69 Å². The van der Waals surface area contributed by atoms with Gasteiger partial charge in [-0.3, -0.25) is 0 Å². The Morgan fingerprint density at radius 3 is 2.50 bits per heavy atom. The Labute approximate surface area is 181 Å². The van der Waals surface area contributed by atoms with E-state index in [1.165, 1.54) is 4.57 Å². The minimum atomic E-state index is -0.679. The number of fused-ring (bicyclic) bond motifs is 3. The van der Waals surface area contributed by atoms with Crippen LogP contribution < -0.4 is 22.3 Å². The molecule has 0 aliphatic carbocycles. The molecule has 0 bridgehead atoms. The first-order valence-corrected chi connectivity index (χ1v) is 10.1. The second-order valence-electron chi connectivity index (χ2n) is 7.19. The molecule has 3 heterocycles. The number of nitrogens with zero attached hydrogens (tertiary/aromatic N) is 2. The van der Waals surface area contributed by atoms with Gasteiger partial charge in [0.05, 0.1) is 12.5 Å². The van der Waals surface area contributed by atoms with Gasteiger partial charge in [0, 0.05) is 0 Å². The molecule has 8 heteroatoms. The average molecular weight is 429 g/mol. The topological polar surface area (TPSA) is 113 Å². The number of benzene rings is 2. The normalized spacial score (nSPS) is 15.3. The fourth-order valence-corrected chi connectivity index (χ4v) is 3.93. The zero-order chi connectivity index (χ0) is 22.2. The molecular formula is C24H19N3O5. The van der Waals surface area contributed by atoms with Crippen molar-refractivity contribution in [2.24, 2.45) is 0 Å². The number of ether oxygens (including phenoxy) is 1. The Kier molecular flexibility index (Phi) is 4.74. The Morgan fingerprint density at radius 1 is 1.12 bits per heavy atom. The number of rotatable bonds is 4. The fraction of sp³-hybridized carbons (Fsp3) is 0.125. The molecule has 1 aliphatic heterocycles. The molecule has 160 valence electrons. The lowest BCUT2D eigenvalue weighted by molar-refractivity contribution is -0.136. The van der Waals surface area contributed by atoms with Gasteiger partial charge in [0.1, 0.15) is 16.6 Å². The molecule has 2 aromatic heterocycles. The highest BCUT2D eigenvalue weighted by Crippen LogP contribution is 2.38. The molecule has 5 rings (SSSR count). The number of carbonyl (C=O) groups excluding carboxylic acids is 1. The number of anilines is 1. The van der Waals surface area contributed by atoms with Crippen LogP contribution in [0.5, 0.6) is 0 Å². The maximum Gasteiger partial charge on any atom is 0.362 e. The van der Waals surface area contributed by atoms with Crippen molar-refractivity contribution in [2.45, 2.75) is 12.8 Å². The number of nitrogens with two attached hydrogens (primary N) is 1. The van der Waals surface area contributed by atoms with Gasteiger partial charge in [-0.25, -0.2) is 14.2 Å². The molecule has 0 radical (unpaired) electrons. The van der Waals surface area contributed by atoms with Crippen molar-refractivity contribution in [3.05, 3.63) is 98.8 Å². The predicted molar refractivity (Wildman–Crippen MR) is 116 cm³/mol. The van der Waals surface area contributed by atoms with Crippen LogP contribution in [-0.4, -0.2) is 22.1 Å². The first-order valence-electron chi connectivity index (χ1n) is 10.1. The molecule has 0 saturated carbocycles. The van der Waals surface area contributed by atoms with Crippen molar-refractivity contribution >= 4 is 23.6 Å². The summed E-state index contributed by atoms with van der Waals surface area (Å²) in [4.78, 5) is 30.4. The van der Waals surface area contributed by atoms with E-state index in [0.717, 1.165) is 11.1 Å². The van der Waals surface area contributed by atoms with Crippen LogP contribution in [0.1, 0.15) is 29.7 Å². The number of aromatic nitrogens is 2. The second kappa shape index (κ2) is 7.73. The molecular weight excluding hydrogens is 410 g/mol. The van der Waals surface area contributed by atoms with Crippen LogP contribution in [0.4, 0.5) is 6.01 Å². The quantitative estimate of drug-likeness (QED) is 0.491.